The largest absolute Gasteiger partial charge is 0.377 e. The molecule has 1 fully saturated rings. The van der Waals surface area contributed by atoms with Crippen LogP contribution in [0.15, 0.2) is 16.6 Å². The Morgan fingerprint density at radius 2 is 2.08 bits per heavy atom. The number of rotatable bonds is 7. The van der Waals surface area contributed by atoms with Gasteiger partial charge in [-0.25, -0.2) is 0 Å². The molecule has 2 rings (SSSR count). The van der Waals surface area contributed by atoms with Crippen LogP contribution in [0.5, 0.6) is 0 Å². The number of guanidine groups is 1. The van der Waals surface area contributed by atoms with E-state index in [0.717, 1.165) is 71.3 Å². The van der Waals surface area contributed by atoms with Gasteiger partial charge in [0.2, 0.25) is 5.91 Å². The van der Waals surface area contributed by atoms with E-state index < -0.39 is 0 Å². The summed E-state index contributed by atoms with van der Waals surface area (Å²) in [5, 5.41) is 6.36. The van der Waals surface area contributed by atoms with E-state index in [-0.39, 0.29) is 11.9 Å². The maximum Gasteiger partial charge on any atom is 0.234 e. The quantitative estimate of drug-likeness (QED) is 0.397. The van der Waals surface area contributed by atoms with Crippen molar-refractivity contribution in [1.29, 1.82) is 0 Å². The molecular weight excluding hydrogens is 330 g/mol. The topological polar surface area (TPSA) is 69.2 Å². The second-order valence-corrected chi connectivity index (χ2v) is 7.16. The number of piperazine rings is 1. The second-order valence-electron chi connectivity index (χ2n) is 7.16. The summed E-state index contributed by atoms with van der Waals surface area (Å²) in [7, 11) is 0. The Morgan fingerprint density at radius 1 is 1.31 bits per heavy atom. The van der Waals surface area contributed by atoms with Crippen LogP contribution >= 0.6 is 0 Å². The summed E-state index contributed by atoms with van der Waals surface area (Å²) < 4.78 is 5.35. The molecule has 7 nitrogen and oxygen atoms in total. The molecule has 0 aromatic heterocycles. The minimum atomic E-state index is 0.110. The normalized spacial score (nSPS) is 19.5. The molecule has 0 aliphatic carbocycles. The number of nitrogens with zero attached hydrogens (tertiary/aromatic N) is 3. The first-order chi connectivity index (χ1) is 12.6. The molecule has 2 heterocycles. The Balaban J connectivity index is 1.78. The van der Waals surface area contributed by atoms with E-state index in [2.05, 4.69) is 33.4 Å². The van der Waals surface area contributed by atoms with Crippen LogP contribution in [-0.4, -0.2) is 86.7 Å². The third-order valence-electron chi connectivity index (χ3n) is 4.58. The lowest BCUT2D eigenvalue weighted by Crippen LogP contribution is -2.54. The molecule has 0 unspecified atom stereocenters. The van der Waals surface area contributed by atoms with Gasteiger partial charge < -0.3 is 20.3 Å². The molecule has 0 aromatic rings. The van der Waals surface area contributed by atoms with Crippen LogP contribution in [0.2, 0.25) is 0 Å². The van der Waals surface area contributed by atoms with E-state index in [1.54, 1.807) is 0 Å². The van der Waals surface area contributed by atoms with Crippen LogP contribution in [0.3, 0.4) is 0 Å². The third-order valence-corrected chi connectivity index (χ3v) is 4.58. The van der Waals surface area contributed by atoms with Gasteiger partial charge in [-0.05, 0) is 33.6 Å². The van der Waals surface area contributed by atoms with Crippen molar-refractivity contribution in [2.45, 2.75) is 39.7 Å². The molecule has 0 aromatic carbocycles. The molecule has 7 heteroatoms. The molecule has 26 heavy (non-hydrogen) atoms. The molecule has 0 spiro atoms. The standard InChI is InChI=1S/C19H35N5O2/c1-4-20-19(21-8-5-17-6-13-26-14-7-17)24-11-9-23(10-12-24)15-18(25)22-16(2)3/h6,16H,4-5,7-15H2,1-3H3,(H,20,21)(H,22,25). The Morgan fingerprint density at radius 3 is 2.69 bits per heavy atom. The summed E-state index contributed by atoms with van der Waals surface area (Å²) in [5.74, 6) is 1.10. The highest BCUT2D eigenvalue weighted by Crippen LogP contribution is 2.12. The lowest BCUT2D eigenvalue weighted by atomic mass is 10.1. The lowest BCUT2D eigenvalue weighted by Gasteiger charge is -2.36. The number of hydrogen-bond donors (Lipinski definition) is 2. The van der Waals surface area contributed by atoms with Crippen LogP contribution in [0.25, 0.3) is 0 Å². The van der Waals surface area contributed by atoms with Crippen molar-refractivity contribution in [2.24, 2.45) is 4.99 Å². The van der Waals surface area contributed by atoms with Crippen LogP contribution in [0.4, 0.5) is 0 Å². The zero-order valence-electron chi connectivity index (χ0n) is 16.6. The number of aliphatic imine (C=N–C) groups is 1. The van der Waals surface area contributed by atoms with Crippen LogP contribution < -0.4 is 10.6 Å². The fraction of sp³-hybridized carbons (Fsp3) is 0.789. The Kier molecular flexibility index (Phi) is 8.91. The summed E-state index contributed by atoms with van der Waals surface area (Å²) >= 11 is 0. The van der Waals surface area contributed by atoms with E-state index in [1.807, 2.05) is 13.8 Å². The first-order valence-corrected chi connectivity index (χ1v) is 9.89. The van der Waals surface area contributed by atoms with Crippen molar-refractivity contribution in [1.82, 2.24) is 20.4 Å². The molecule has 2 aliphatic rings. The predicted octanol–water partition coefficient (Wildman–Crippen LogP) is 0.831. The maximum absolute atomic E-state index is 11.9. The number of ether oxygens (including phenoxy) is 1. The summed E-state index contributed by atoms with van der Waals surface area (Å²) in [6, 6.07) is 0.196. The highest BCUT2D eigenvalue weighted by Gasteiger charge is 2.21. The van der Waals surface area contributed by atoms with E-state index >= 15 is 0 Å². The monoisotopic (exact) mass is 365 g/mol. The molecule has 2 N–H and O–H groups in total. The van der Waals surface area contributed by atoms with Crippen molar-refractivity contribution in [3.63, 3.8) is 0 Å². The van der Waals surface area contributed by atoms with Crippen molar-refractivity contribution < 1.29 is 9.53 Å². The molecular formula is C19H35N5O2. The Bertz CT molecular complexity index is 496. The molecule has 0 radical (unpaired) electrons. The van der Waals surface area contributed by atoms with Gasteiger partial charge >= 0.3 is 0 Å². The number of carbonyl (C=O) groups excluding carboxylic acids is 1. The smallest absolute Gasteiger partial charge is 0.234 e. The second kappa shape index (κ2) is 11.2. The summed E-state index contributed by atoms with van der Waals surface area (Å²) in [5.41, 5.74) is 1.46. The fourth-order valence-corrected chi connectivity index (χ4v) is 3.21. The van der Waals surface area contributed by atoms with Crippen molar-refractivity contribution in [2.75, 3.05) is 59.0 Å². The molecule has 0 bridgehead atoms. The van der Waals surface area contributed by atoms with Gasteiger partial charge in [0.25, 0.3) is 0 Å². The molecule has 148 valence electrons. The van der Waals surface area contributed by atoms with Gasteiger partial charge in [0.1, 0.15) is 0 Å². The number of amides is 1. The van der Waals surface area contributed by atoms with E-state index in [1.165, 1.54) is 5.57 Å². The number of carbonyl (C=O) groups is 1. The van der Waals surface area contributed by atoms with Crippen molar-refractivity contribution >= 4 is 11.9 Å². The summed E-state index contributed by atoms with van der Waals surface area (Å²) in [6.07, 6.45) is 4.23. The van der Waals surface area contributed by atoms with Gasteiger partial charge in [0.15, 0.2) is 5.96 Å². The van der Waals surface area contributed by atoms with Gasteiger partial charge in [0, 0.05) is 45.3 Å². The number of hydrogen-bond acceptors (Lipinski definition) is 4. The average molecular weight is 366 g/mol. The average Bonchev–Trinajstić information content (AvgIpc) is 2.62. The van der Waals surface area contributed by atoms with Crippen LogP contribution in [0.1, 0.15) is 33.6 Å². The lowest BCUT2D eigenvalue weighted by molar-refractivity contribution is -0.123. The van der Waals surface area contributed by atoms with Crippen molar-refractivity contribution in [3.8, 4) is 0 Å². The minimum absolute atomic E-state index is 0.110. The predicted molar refractivity (Wildman–Crippen MR) is 105 cm³/mol. The minimum Gasteiger partial charge on any atom is -0.377 e. The Hall–Kier alpha value is -1.60. The molecule has 1 amide bonds. The fourth-order valence-electron chi connectivity index (χ4n) is 3.21. The first-order valence-electron chi connectivity index (χ1n) is 9.89. The molecule has 2 aliphatic heterocycles. The van der Waals surface area contributed by atoms with Crippen LogP contribution in [-0.2, 0) is 9.53 Å². The highest BCUT2D eigenvalue weighted by molar-refractivity contribution is 5.80. The van der Waals surface area contributed by atoms with Gasteiger partial charge in [-0.3, -0.25) is 14.7 Å². The van der Waals surface area contributed by atoms with Gasteiger partial charge in [0.05, 0.1) is 19.8 Å². The van der Waals surface area contributed by atoms with Gasteiger partial charge in [-0.15, -0.1) is 0 Å². The van der Waals surface area contributed by atoms with Gasteiger partial charge in [-0.1, -0.05) is 11.6 Å². The SMILES string of the molecule is CCNC(=NCCC1=CCOCC1)N1CCN(CC(=O)NC(C)C)CC1. The van der Waals surface area contributed by atoms with Gasteiger partial charge in [-0.2, -0.15) is 0 Å². The Labute approximate surface area is 157 Å². The number of nitrogens with one attached hydrogen (secondary N) is 2. The van der Waals surface area contributed by atoms with Crippen LogP contribution in [0, 0.1) is 0 Å². The summed E-state index contributed by atoms with van der Waals surface area (Å²) in [6.45, 7) is 13.4. The zero-order valence-corrected chi connectivity index (χ0v) is 16.6. The molecule has 1 saturated heterocycles. The maximum atomic E-state index is 11.9. The zero-order chi connectivity index (χ0) is 18.8. The first kappa shape index (κ1) is 20.7. The van der Waals surface area contributed by atoms with E-state index in [9.17, 15) is 4.79 Å². The van der Waals surface area contributed by atoms with E-state index in [0.29, 0.717) is 6.54 Å². The van der Waals surface area contributed by atoms with E-state index in [4.69, 9.17) is 9.73 Å². The summed E-state index contributed by atoms with van der Waals surface area (Å²) in [4.78, 5) is 21.2. The molecule has 0 atom stereocenters. The third kappa shape index (κ3) is 7.33. The molecule has 0 saturated carbocycles. The highest BCUT2D eigenvalue weighted by atomic mass is 16.5. The van der Waals surface area contributed by atoms with Crippen molar-refractivity contribution in [3.05, 3.63) is 11.6 Å².